The van der Waals surface area contributed by atoms with E-state index in [2.05, 4.69) is 15.6 Å². The molecule has 3 rings (SSSR count). The third-order valence-electron chi connectivity index (χ3n) is 3.74. The number of anilines is 1. The zero-order valence-electron chi connectivity index (χ0n) is 14.1. The van der Waals surface area contributed by atoms with Gasteiger partial charge in [-0.15, -0.1) is 16.4 Å². The van der Waals surface area contributed by atoms with Crippen LogP contribution in [-0.2, 0) is 11.3 Å². The quantitative estimate of drug-likeness (QED) is 0.727. The van der Waals surface area contributed by atoms with Crippen molar-refractivity contribution in [3.63, 3.8) is 0 Å². The minimum absolute atomic E-state index is 0.0384. The van der Waals surface area contributed by atoms with Gasteiger partial charge in [-0.3, -0.25) is 9.59 Å². The fraction of sp³-hybridized carbons (Fsp3) is 0.176. The second kappa shape index (κ2) is 7.67. The number of rotatable bonds is 5. The molecule has 2 aromatic heterocycles. The van der Waals surface area contributed by atoms with Crippen LogP contribution in [0.5, 0.6) is 0 Å². The van der Waals surface area contributed by atoms with Gasteiger partial charge in [0, 0.05) is 19.7 Å². The van der Waals surface area contributed by atoms with Gasteiger partial charge in [-0.25, -0.2) is 4.68 Å². The van der Waals surface area contributed by atoms with Gasteiger partial charge in [0.05, 0.1) is 27.6 Å². The van der Waals surface area contributed by atoms with Crippen LogP contribution >= 0.6 is 22.9 Å². The standard InChI is InChI=1S/C17H16ClN5O2S/c1-11(24)22(2)13-3-5-14(6-4-13)23-10-12(20-21-23)9-19-17(25)15-7-8-16(18)26-15/h3-8,10H,9H2,1-2H3,(H,19,25). The Morgan fingerprint density at radius 1 is 1.23 bits per heavy atom. The van der Waals surface area contributed by atoms with Crippen molar-refractivity contribution in [1.29, 1.82) is 0 Å². The summed E-state index contributed by atoms with van der Waals surface area (Å²) in [5.74, 6) is -0.239. The molecule has 0 saturated carbocycles. The van der Waals surface area contributed by atoms with Crippen molar-refractivity contribution in [2.75, 3.05) is 11.9 Å². The van der Waals surface area contributed by atoms with Crippen LogP contribution in [0.15, 0.2) is 42.6 Å². The van der Waals surface area contributed by atoms with Gasteiger partial charge < -0.3 is 10.2 Å². The lowest BCUT2D eigenvalue weighted by Gasteiger charge is -2.15. The number of amides is 2. The van der Waals surface area contributed by atoms with Crippen LogP contribution in [0.25, 0.3) is 5.69 Å². The Balaban J connectivity index is 1.64. The van der Waals surface area contributed by atoms with Gasteiger partial charge in [0.15, 0.2) is 0 Å². The normalized spacial score (nSPS) is 10.6. The van der Waals surface area contributed by atoms with Gasteiger partial charge in [-0.1, -0.05) is 16.8 Å². The third-order valence-corrected chi connectivity index (χ3v) is 4.97. The van der Waals surface area contributed by atoms with Gasteiger partial charge in [0.1, 0.15) is 5.69 Å². The van der Waals surface area contributed by atoms with E-state index in [1.165, 1.54) is 18.3 Å². The number of carbonyl (C=O) groups excluding carboxylic acids is 2. The van der Waals surface area contributed by atoms with E-state index >= 15 is 0 Å². The maximum Gasteiger partial charge on any atom is 0.261 e. The van der Waals surface area contributed by atoms with E-state index < -0.39 is 0 Å². The topological polar surface area (TPSA) is 80.1 Å². The summed E-state index contributed by atoms with van der Waals surface area (Å²) in [6.07, 6.45) is 1.74. The number of nitrogens with zero attached hydrogens (tertiary/aromatic N) is 4. The lowest BCUT2D eigenvalue weighted by molar-refractivity contribution is -0.116. The Kier molecular flexibility index (Phi) is 5.34. The molecule has 9 heteroatoms. The summed E-state index contributed by atoms with van der Waals surface area (Å²) in [4.78, 5) is 25.5. The van der Waals surface area contributed by atoms with Crippen molar-refractivity contribution in [2.24, 2.45) is 0 Å². The summed E-state index contributed by atoms with van der Waals surface area (Å²) < 4.78 is 2.18. The number of hydrogen-bond acceptors (Lipinski definition) is 5. The molecule has 0 radical (unpaired) electrons. The first kappa shape index (κ1) is 18.1. The first-order valence-corrected chi connectivity index (χ1v) is 8.93. The monoisotopic (exact) mass is 389 g/mol. The molecule has 2 heterocycles. The Morgan fingerprint density at radius 3 is 2.58 bits per heavy atom. The van der Waals surface area contributed by atoms with E-state index in [1.54, 1.807) is 35.0 Å². The molecule has 0 saturated heterocycles. The van der Waals surface area contributed by atoms with Gasteiger partial charge in [-0.05, 0) is 36.4 Å². The predicted octanol–water partition coefficient (Wildman–Crippen LogP) is 2.89. The van der Waals surface area contributed by atoms with E-state index in [9.17, 15) is 9.59 Å². The average molecular weight is 390 g/mol. The predicted molar refractivity (Wildman–Crippen MR) is 101 cm³/mol. The molecule has 0 aliphatic rings. The van der Waals surface area contributed by atoms with Gasteiger partial charge in [-0.2, -0.15) is 0 Å². The minimum Gasteiger partial charge on any atom is -0.346 e. The van der Waals surface area contributed by atoms with Gasteiger partial charge in [0.2, 0.25) is 5.91 Å². The SMILES string of the molecule is CC(=O)N(C)c1ccc(-n2cc(CNC(=O)c3ccc(Cl)s3)nn2)cc1. The lowest BCUT2D eigenvalue weighted by Crippen LogP contribution is -2.22. The molecule has 26 heavy (non-hydrogen) atoms. The molecule has 0 fully saturated rings. The molecule has 2 amide bonds. The van der Waals surface area contributed by atoms with Crippen molar-refractivity contribution in [3.05, 3.63) is 57.5 Å². The average Bonchev–Trinajstić information content (AvgIpc) is 3.28. The number of thiophene rings is 1. The van der Waals surface area contributed by atoms with E-state index in [1.807, 2.05) is 24.3 Å². The second-order valence-corrected chi connectivity index (χ2v) is 7.25. The highest BCUT2D eigenvalue weighted by molar-refractivity contribution is 7.17. The Bertz CT molecular complexity index is 935. The Labute approximate surface area is 159 Å². The van der Waals surface area contributed by atoms with Crippen molar-refractivity contribution in [2.45, 2.75) is 13.5 Å². The Hall–Kier alpha value is -2.71. The fourth-order valence-corrected chi connectivity index (χ4v) is 3.17. The van der Waals surface area contributed by atoms with Crippen LogP contribution < -0.4 is 10.2 Å². The molecule has 3 aromatic rings. The minimum atomic E-state index is -0.201. The van der Waals surface area contributed by atoms with Crippen molar-refractivity contribution >= 4 is 40.4 Å². The lowest BCUT2D eigenvalue weighted by atomic mass is 10.2. The summed E-state index contributed by atoms with van der Waals surface area (Å²) in [5.41, 5.74) is 2.23. The molecular formula is C17H16ClN5O2S. The van der Waals surface area contributed by atoms with E-state index in [0.717, 1.165) is 11.4 Å². The maximum absolute atomic E-state index is 12.0. The Morgan fingerprint density at radius 2 is 1.96 bits per heavy atom. The van der Waals surface area contributed by atoms with Crippen molar-refractivity contribution < 1.29 is 9.59 Å². The molecule has 0 bridgehead atoms. The molecular weight excluding hydrogens is 374 g/mol. The zero-order valence-corrected chi connectivity index (χ0v) is 15.7. The van der Waals surface area contributed by atoms with E-state index in [0.29, 0.717) is 14.9 Å². The zero-order chi connectivity index (χ0) is 18.7. The molecule has 1 aromatic carbocycles. The first-order chi connectivity index (χ1) is 12.4. The second-order valence-electron chi connectivity index (χ2n) is 5.54. The summed E-state index contributed by atoms with van der Waals surface area (Å²) in [6.45, 7) is 1.77. The molecule has 1 N–H and O–H groups in total. The molecule has 0 spiro atoms. The summed E-state index contributed by atoms with van der Waals surface area (Å²) in [7, 11) is 1.72. The summed E-state index contributed by atoms with van der Waals surface area (Å²) >= 11 is 7.05. The van der Waals surface area contributed by atoms with Crippen LogP contribution in [0, 0.1) is 0 Å². The fourth-order valence-electron chi connectivity index (χ4n) is 2.21. The molecule has 7 nitrogen and oxygen atoms in total. The van der Waals surface area contributed by atoms with Gasteiger partial charge >= 0.3 is 0 Å². The number of hydrogen-bond donors (Lipinski definition) is 1. The van der Waals surface area contributed by atoms with Crippen molar-refractivity contribution in [3.8, 4) is 5.69 Å². The number of carbonyl (C=O) groups is 2. The van der Waals surface area contributed by atoms with Crippen molar-refractivity contribution in [1.82, 2.24) is 20.3 Å². The smallest absolute Gasteiger partial charge is 0.261 e. The van der Waals surface area contributed by atoms with Crippen LogP contribution in [0.4, 0.5) is 5.69 Å². The van der Waals surface area contributed by atoms with E-state index in [4.69, 9.17) is 11.6 Å². The molecule has 134 valence electrons. The van der Waals surface area contributed by atoms with Crippen LogP contribution in [-0.4, -0.2) is 33.9 Å². The van der Waals surface area contributed by atoms with Crippen LogP contribution in [0.1, 0.15) is 22.3 Å². The number of aromatic nitrogens is 3. The number of halogens is 1. The first-order valence-electron chi connectivity index (χ1n) is 7.73. The number of benzene rings is 1. The highest BCUT2D eigenvalue weighted by Gasteiger charge is 2.10. The molecule has 0 aliphatic carbocycles. The molecule has 0 unspecified atom stereocenters. The number of nitrogens with one attached hydrogen (secondary N) is 1. The summed E-state index contributed by atoms with van der Waals surface area (Å²) in [6, 6.07) is 10.7. The highest BCUT2D eigenvalue weighted by atomic mass is 35.5. The van der Waals surface area contributed by atoms with Gasteiger partial charge in [0.25, 0.3) is 5.91 Å². The van der Waals surface area contributed by atoms with Crippen LogP contribution in [0.2, 0.25) is 4.34 Å². The third kappa shape index (κ3) is 4.09. The largest absolute Gasteiger partial charge is 0.346 e. The maximum atomic E-state index is 12.0. The molecule has 0 atom stereocenters. The van der Waals surface area contributed by atoms with E-state index in [-0.39, 0.29) is 18.4 Å². The highest BCUT2D eigenvalue weighted by Crippen LogP contribution is 2.21. The summed E-state index contributed by atoms with van der Waals surface area (Å²) in [5, 5.41) is 10.9. The van der Waals surface area contributed by atoms with Crippen LogP contribution in [0.3, 0.4) is 0 Å². The molecule has 0 aliphatic heterocycles.